The molecule has 0 fully saturated rings. The molecule has 0 radical (unpaired) electrons. The minimum absolute atomic E-state index is 0.108. The van der Waals surface area contributed by atoms with Gasteiger partial charge in [-0.2, -0.15) is 0 Å². The Kier molecular flexibility index (Phi) is 10.5. The third kappa shape index (κ3) is 9.44. The van der Waals surface area contributed by atoms with E-state index in [4.69, 9.17) is 4.74 Å². The number of hydrogen-bond acceptors (Lipinski definition) is 5. The number of rotatable bonds is 11. The van der Waals surface area contributed by atoms with Gasteiger partial charge in [-0.15, -0.1) is 0 Å². The van der Waals surface area contributed by atoms with Crippen LogP contribution in [-0.2, 0) is 16.1 Å². The van der Waals surface area contributed by atoms with Crippen LogP contribution in [0.5, 0.6) is 0 Å². The van der Waals surface area contributed by atoms with Gasteiger partial charge in [0, 0.05) is 0 Å². The van der Waals surface area contributed by atoms with Crippen molar-refractivity contribution in [1.29, 1.82) is 0 Å². The summed E-state index contributed by atoms with van der Waals surface area (Å²) < 4.78 is 5.18. The van der Waals surface area contributed by atoms with E-state index in [1.165, 1.54) is 0 Å². The van der Waals surface area contributed by atoms with Crippen molar-refractivity contribution in [1.82, 2.24) is 10.6 Å². The van der Waals surface area contributed by atoms with Crippen molar-refractivity contribution in [2.24, 2.45) is 5.92 Å². The third-order valence-electron chi connectivity index (χ3n) is 4.08. The number of ether oxygens (including phenoxy) is 1. The Labute approximate surface area is 161 Å². The monoisotopic (exact) mass is 378 g/mol. The van der Waals surface area contributed by atoms with E-state index in [1.807, 2.05) is 51.1 Å². The zero-order chi connectivity index (χ0) is 20.2. The first-order chi connectivity index (χ1) is 12.8. The van der Waals surface area contributed by atoms with Gasteiger partial charge in [0.15, 0.2) is 0 Å². The van der Waals surface area contributed by atoms with Gasteiger partial charge in [0.25, 0.3) is 0 Å². The summed E-state index contributed by atoms with van der Waals surface area (Å²) in [7, 11) is -1.65. The topological polar surface area (TPSA) is 108 Å². The second kappa shape index (κ2) is 12.4. The van der Waals surface area contributed by atoms with Crippen molar-refractivity contribution >= 4 is 19.1 Å². The van der Waals surface area contributed by atoms with Gasteiger partial charge in [0.1, 0.15) is 12.6 Å². The van der Waals surface area contributed by atoms with Gasteiger partial charge in [-0.25, -0.2) is 4.79 Å². The first kappa shape index (κ1) is 23.0. The van der Waals surface area contributed by atoms with Crippen molar-refractivity contribution in [3.05, 3.63) is 35.9 Å². The molecule has 27 heavy (non-hydrogen) atoms. The summed E-state index contributed by atoms with van der Waals surface area (Å²) in [5.74, 6) is -1.06. The minimum Gasteiger partial charge on any atom is -0.445 e. The van der Waals surface area contributed by atoms with Crippen LogP contribution in [0.1, 0.15) is 52.0 Å². The predicted molar refractivity (Wildman–Crippen MR) is 105 cm³/mol. The van der Waals surface area contributed by atoms with E-state index in [9.17, 15) is 19.6 Å². The normalized spacial score (nSPS) is 13.0. The Morgan fingerprint density at radius 2 is 1.81 bits per heavy atom. The Balaban J connectivity index is 2.64. The highest BCUT2D eigenvalue weighted by molar-refractivity contribution is 6.43. The van der Waals surface area contributed by atoms with Crippen molar-refractivity contribution in [2.45, 2.75) is 65.0 Å². The summed E-state index contributed by atoms with van der Waals surface area (Å²) in [4.78, 5) is 24.7. The highest BCUT2D eigenvalue weighted by Gasteiger charge is 2.29. The number of carbonyl (C=O) groups is 2. The fourth-order valence-electron chi connectivity index (χ4n) is 2.61. The summed E-state index contributed by atoms with van der Waals surface area (Å²) >= 11 is 0. The molecule has 0 aliphatic rings. The van der Waals surface area contributed by atoms with Crippen LogP contribution in [0.4, 0.5) is 4.79 Å². The van der Waals surface area contributed by atoms with Crippen LogP contribution in [0.25, 0.3) is 0 Å². The van der Waals surface area contributed by atoms with Crippen LogP contribution in [0.15, 0.2) is 30.3 Å². The average Bonchev–Trinajstić information content (AvgIpc) is 2.63. The SMILES string of the molecule is CCCC[C@H](NC(=O)[C@H](CC(C)C)NC(=O)OCc1ccccc1)B(O)O. The minimum atomic E-state index is -1.65. The second-order valence-corrected chi connectivity index (χ2v) is 7.06. The number of benzene rings is 1. The van der Waals surface area contributed by atoms with Crippen LogP contribution >= 0.6 is 0 Å². The standard InChI is InChI=1S/C19H31BN2O5/c1-4-5-11-17(20(25)26)22-18(23)16(12-14(2)3)21-19(24)27-13-15-9-7-6-8-10-15/h6-10,14,16-17,25-26H,4-5,11-13H2,1-3H3,(H,21,24)(H,22,23)/t16-,17-/m0/s1. The van der Waals surface area contributed by atoms with Gasteiger partial charge < -0.3 is 25.4 Å². The molecule has 2 atom stereocenters. The molecule has 0 heterocycles. The van der Waals surface area contributed by atoms with Crippen LogP contribution < -0.4 is 10.6 Å². The molecular weight excluding hydrogens is 347 g/mol. The summed E-state index contributed by atoms with van der Waals surface area (Å²) in [6.45, 7) is 5.96. The van der Waals surface area contributed by atoms with Gasteiger partial charge in [0.2, 0.25) is 5.91 Å². The van der Waals surface area contributed by atoms with Gasteiger partial charge in [-0.1, -0.05) is 63.9 Å². The Morgan fingerprint density at radius 1 is 1.15 bits per heavy atom. The lowest BCUT2D eigenvalue weighted by Gasteiger charge is -2.24. The zero-order valence-electron chi connectivity index (χ0n) is 16.4. The number of carbonyl (C=O) groups excluding carboxylic acids is 2. The van der Waals surface area contributed by atoms with E-state index < -0.39 is 31.1 Å². The van der Waals surface area contributed by atoms with E-state index >= 15 is 0 Å². The number of amides is 2. The van der Waals surface area contributed by atoms with Gasteiger partial charge in [-0.3, -0.25) is 4.79 Å². The maximum atomic E-state index is 12.6. The molecule has 0 spiro atoms. The fourth-order valence-corrected chi connectivity index (χ4v) is 2.61. The summed E-state index contributed by atoms with van der Waals surface area (Å²) in [6, 6.07) is 8.44. The molecular formula is C19H31BN2O5. The Hall–Kier alpha value is -2.06. The van der Waals surface area contributed by atoms with E-state index in [2.05, 4.69) is 10.6 Å². The molecule has 0 saturated carbocycles. The Morgan fingerprint density at radius 3 is 2.37 bits per heavy atom. The van der Waals surface area contributed by atoms with E-state index in [0.29, 0.717) is 12.8 Å². The second-order valence-electron chi connectivity index (χ2n) is 7.06. The molecule has 0 aromatic heterocycles. The highest BCUT2D eigenvalue weighted by Crippen LogP contribution is 2.08. The van der Waals surface area contributed by atoms with E-state index in [0.717, 1.165) is 18.4 Å². The fraction of sp³-hybridized carbons (Fsp3) is 0.579. The molecule has 1 aromatic rings. The van der Waals surface area contributed by atoms with Crippen LogP contribution in [0.2, 0.25) is 0 Å². The van der Waals surface area contributed by atoms with E-state index in [-0.39, 0.29) is 12.5 Å². The maximum absolute atomic E-state index is 12.6. The average molecular weight is 378 g/mol. The van der Waals surface area contributed by atoms with Crippen molar-refractivity contribution in [3.63, 3.8) is 0 Å². The van der Waals surface area contributed by atoms with Crippen molar-refractivity contribution in [2.75, 3.05) is 0 Å². The molecule has 0 aliphatic heterocycles. The molecule has 1 rings (SSSR count). The van der Waals surface area contributed by atoms with Crippen LogP contribution in [0, 0.1) is 5.92 Å². The summed E-state index contributed by atoms with van der Waals surface area (Å²) in [5, 5.41) is 24.2. The molecule has 1 aromatic carbocycles. The number of hydrogen-bond donors (Lipinski definition) is 4. The number of nitrogens with one attached hydrogen (secondary N) is 2. The molecule has 4 N–H and O–H groups in total. The lowest BCUT2D eigenvalue weighted by molar-refractivity contribution is -0.123. The van der Waals surface area contributed by atoms with E-state index in [1.54, 1.807) is 0 Å². The van der Waals surface area contributed by atoms with Crippen molar-refractivity contribution in [3.8, 4) is 0 Å². The molecule has 8 heteroatoms. The third-order valence-corrected chi connectivity index (χ3v) is 4.08. The zero-order valence-corrected chi connectivity index (χ0v) is 16.4. The van der Waals surface area contributed by atoms with Crippen molar-refractivity contribution < 1.29 is 24.4 Å². The smallest absolute Gasteiger partial charge is 0.445 e. The van der Waals surface area contributed by atoms with Gasteiger partial charge in [-0.05, 0) is 24.3 Å². The molecule has 0 saturated heterocycles. The quantitative estimate of drug-likeness (QED) is 0.441. The first-order valence-electron chi connectivity index (χ1n) is 9.47. The number of alkyl carbamates (subject to hydrolysis) is 1. The first-order valence-corrected chi connectivity index (χ1v) is 9.47. The molecule has 7 nitrogen and oxygen atoms in total. The Bertz CT molecular complexity index is 568. The summed E-state index contributed by atoms with van der Waals surface area (Å²) in [6.07, 6.45) is 1.80. The van der Waals surface area contributed by atoms with Crippen LogP contribution in [-0.4, -0.2) is 41.1 Å². The predicted octanol–water partition coefficient (Wildman–Crippen LogP) is 2.01. The maximum Gasteiger partial charge on any atom is 0.475 e. The molecule has 0 aliphatic carbocycles. The highest BCUT2D eigenvalue weighted by atomic mass is 16.5. The largest absolute Gasteiger partial charge is 0.475 e. The lowest BCUT2D eigenvalue weighted by Crippen LogP contribution is -2.54. The number of unbranched alkanes of at least 4 members (excludes halogenated alkanes) is 1. The molecule has 2 amide bonds. The molecule has 150 valence electrons. The summed E-state index contributed by atoms with van der Waals surface area (Å²) in [5.41, 5.74) is 0.848. The molecule has 0 bridgehead atoms. The van der Waals surface area contributed by atoms with Crippen LogP contribution in [0.3, 0.4) is 0 Å². The van der Waals surface area contributed by atoms with Gasteiger partial charge >= 0.3 is 13.2 Å². The van der Waals surface area contributed by atoms with Gasteiger partial charge in [0.05, 0.1) is 5.94 Å². The lowest BCUT2D eigenvalue weighted by atomic mass is 9.76. The molecule has 0 unspecified atom stereocenters.